The van der Waals surface area contributed by atoms with Gasteiger partial charge in [-0.3, -0.25) is 0 Å². The molecule has 0 radical (unpaired) electrons. The van der Waals surface area contributed by atoms with Gasteiger partial charge in [-0.2, -0.15) is 0 Å². The number of amides is 2. The number of nitrogens with zero attached hydrogens (tertiary/aromatic N) is 1. The zero-order valence-corrected chi connectivity index (χ0v) is 12.7. The molecule has 0 aliphatic heterocycles. The van der Waals surface area contributed by atoms with E-state index < -0.39 is 0 Å². The van der Waals surface area contributed by atoms with Crippen molar-refractivity contribution < 1.29 is 9.90 Å². The van der Waals surface area contributed by atoms with Gasteiger partial charge in [-0.15, -0.1) is 0 Å². The first-order chi connectivity index (χ1) is 9.06. The molecule has 1 aliphatic rings. The molecule has 19 heavy (non-hydrogen) atoms. The zero-order chi connectivity index (χ0) is 14.3. The number of hydrogen-bond donors (Lipinski definition) is 2. The lowest BCUT2D eigenvalue weighted by Gasteiger charge is -2.28. The molecule has 0 aromatic carbocycles. The van der Waals surface area contributed by atoms with Crippen molar-refractivity contribution in [3.8, 4) is 0 Å². The van der Waals surface area contributed by atoms with Crippen LogP contribution in [0.2, 0.25) is 0 Å². The van der Waals surface area contributed by atoms with Crippen LogP contribution < -0.4 is 5.32 Å². The van der Waals surface area contributed by atoms with Gasteiger partial charge in [0, 0.05) is 19.1 Å². The average molecular weight is 270 g/mol. The number of rotatable bonds is 6. The molecule has 0 spiro atoms. The Kier molecular flexibility index (Phi) is 7.21. The van der Waals surface area contributed by atoms with E-state index in [1.165, 1.54) is 6.42 Å². The first-order valence-corrected chi connectivity index (χ1v) is 7.78. The number of carbonyl (C=O) groups is 1. The third kappa shape index (κ3) is 5.39. The Morgan fingerprint density at radius 1 is 1.37 bits per heavy atom. The quantitative estimate of drug-likeness (QED) is 0.729. The minimum atomic E-state index is -0.118. The highest BCUT2D eigenvalue weighted by atomic mass is 16.3. The Bertz CT molecular complexity index is 269. The Balaban J connectivity index is 2.17. The summed E-state index contributed by atoms with van der Waals surface area (Å²) in [5.41, 5.74) is 0. The van der Waals surface area contributed by atoms with Crippen LogP contribution in [0.4, 0.5) is 4.79 Å². The summed E-state index contributed by atoms with van der Waals surface area (Å²) >= 11 is 0. The molecule has 0 saturated heterocycles. The van der Waals surface area contributed by atoms with E-state index in [4.69, 9.17) is 0 Å². The molecule has 4 heteroatoms. The van der Waals surface area contributed by atoms with Crippen molar-refractivity contribution in [1.82, 2.24) is 10.2 Å². The smallest absolute Gasteiger partial charge is 0.317 e. The standard InChI is InChI=1S/C15H30N2O2/c1-4-17(12(2)3)15(19)16-11-7-9-13-8-5-6-10-14(13)18/h12-14,18H,4-11H2,1-3H3,(H,16,19). The minimum Gasteiger partial charge on any atom is -0.393 e. The van der Waals surface area contributed by atoms with Crippen molar-refractivity contribution >= 4 is 6.03 Å². The predicted molar refractivity (Wildman–Crippen MR) is 78.1 cm³/mol. The lowest BCUT2D eigenvalue weighted by Crippen LogP contribution is -2.44. The van der Waals surface area contributed by atoms with Crippen molar-refractivity contribution in [2.24, 2.45) is 5.92 Å². The molecule has 2 atom stereocenters. The summed E-state index contributed by atoms with van der Waals surface area (Å²) < 4.78 is 0. The third-order valence-electron chi connectivity index (χ3n) is 4.12. The topological polar surface area (TPSA) is 52.6 Å². The summed E-state index contributed by atoms with van der Waals surface area (Å²) in [6.45, 7) is 7.51. The van der Waals surface area contributed by atoms with Crippen LogP contribution in [-0.2, 0) is 0 Å². The maximum Gasteiger partial charge on any atom is 0.317 e. The van der Waals surface area contributed by atoms with Gasteiger partial charge in [0.15, 0.2) is 0 Å². The van der Waals surface area contributed by atoms with Crippen molar-refractivity contribution in [3.63, 3.8) is 0 Å². The monoisotopic (exact) mass is 270 g/mol. The fourth-order valence-corrected chi connectivity index (χ4v) is 2.93. The fraction of sp³-hybridized carbons (Fsp3) is 0.933. The molecule has 112 valence electrons. The van der Waals surface area contributed by atoms with Gasteiger partial charge >= 0.3 is 6.03 Å². The molecule has 0 bridgehead atoms. The van der Waals surface area contributed by atoms with Crippen LogP contribution in [-0.4, -0.2) is 41.3 Å². The molecule has 2 amide bonds. The summed E-state index contributed by atoms with van der Waals surface area (Å²) in [5, 5.41) is 12.9. The van der Waals surface area contributed by atoms with Gasteiger partial charge in [-0.25, -0.2) is 4.79 Å². The normalized spacial score (nSPS) is 23.4. The molecule has 1 aliphatic carbocycles. The summed E-state index contributed by atoms with van der Waals surface area (Å²) in [6.07, 6.45) is 6.36. The maximum atomic E-state index is 11.9. The lowest BCUT2D eigenvalue weighted by molar-refractivity contribution is 0.0643. The van der Waals surface area contributed by atoms with E-state index in [9.17, 15) is 9.90 Å². The van der Waals surface area contributed by atoms with Gasteiger partial charge in [0.25, 0.3) is 0 Å². The van der Waals surface area contributed by atoms with Crippen LogP contribution in [0.5, 0.6) is 0 Å². The number of carbonyl (C=O) groups excluding carboxylic acids is 1. The summed E-state index contributed by atoms with van der Waals surface area (Å²) in [4.78, 5) is 13.7. The molecule has 1 saturated carbocycles. The first kappa shape index (κ1) is 16.3. The van der Waals surface area contributed by atoms with Crippen molar-refractivity contribution in [2.45, 2.75) is 71.4 Å². The van der Waals surface area contributed by atoms with E-state index in [0.29, 0.717) is 12.5 Å². The van der Waals surface area contributed by atoms with Crippen LogP contribution in [0.25, 0.3) is 0 Å². The summed E-state index contributed by atoms with van der Waals surface area (Å²) in [5.74, 6) is 0.443. The van der Waals surface area contributed by atoms with Crippen molar-refractivity contribution in [3.05, 3.63) is 0 Å². The van der Waals surface area contributed by atoms with E-state index >= 15 is 0 Å². The highest BCUT2D eigenvalue weighted by molar-refractivity contribution is 5.74. The van der Waals surface area contributed by atoms with E-state index in [2.05, 4.69) is 5.32 Å². The van der Waals surface area contributed by atoms with Gasteiger partial charge in [-0.05, 0) is 52.4 Å². The van der Waals surface area contributed by atoms with Gasteiger partial charge in [0.2, 0.25) is 0 Å². The van der Waals surface area contributed by atoms with Gasteiger partial charge in [0.1, 0.15) is 0 Å². The Hall–Kier alpha value is -0.770. The molecular weight excluding hydrogens is 240 g/mol. The highest BCUT2D eigenvalue weighted by Crippen LogP contribution is 2.27. The SMILES string of the molecule is CCN(C(=O)NCCCC1CCCCC1O)C(C)C. The lowest BCUT2D eigenvalue weighted by atomic mass is 9.83. The second-order valence-corrected chi connectivity index (χ2v) is 5.87. The predicted octanol–water partition coefficient (Wildman–Crippen LogP) is 2.76. The molecule has 0 heterocycles. The van der Waals surface area contributed by atoms with Crippen LogP contribution >= 0.6 is 0 Å². The molecule has 4 nitrogen and oxygen atoms in total. The molecule has 2 unspecified atom stereocenters. The molecule has 2 N–H and O–H groups in total. The van der Waals surface area contributed by atoms with E-state index in [-0.39, 0.29) is 18.2 Å². The van der Waals surface area contributed by atoms with E-state index in [1.807, 2.05) is 25.7 Å². The van der Waals surface area contributed by atoms with Gasteiger partial charge in [-0.1, -0.05) is 12.8 Å². The van der Waals surface area contributed by atoms with Gasteiger partial charge < -0.3 is 15.3 Å². The highest BCUT2D eigenvalue weighted by Gasteiger charge is 2.22. The maximum absolute atomic E-state index is 11.9. The number of aliphatic hydroxyl groups excluding tert-OH is 1. The Morgan fingerprint density at radius 2 is 2.05 bits per heavy atom. The average Bonchev–Trinajstić information content (AvgIpc) is 2.37. The second-order valence-electron chi connectivity index (χ2n) is 5.87. The molecule has 0 aromatic heterocycles. The molecular formula is C15H30N2O2. The van der Waals surface area contributed by atoms with E-state index in [0.717, 1.165) is 38.6 Å². The molecule has 0 aromatic rings. The number of urea groups is 1. The van der Waals surface area contributed by atoms with Crippen LogP contribution in [0.3, 0.4) is 0 Å². The van der Waals surface area contributed by atoms with Crippen LogP contribution in [0, 0.1) is 5.92 Å². The van der Waals surface area contributed by atoms with Crippen LogP contribution in [0.15, 0.2) is 0 Å². The third-order valence-corrected chi connectivity index (χ3v) is 4.12. The Morgan fingerprint density at radius 3 is 2.63 bits per heavy atom. The van der Waals surface area contributed by atoms with Crippen molar-refractivity contribution in [1.29, 1.82) is 0 Å². The number of aliphatic hydroxyl groups is 1. The first-order valence-electron chi connectivity index (χ1n) is 7.78. The number of nitrogens with one attached hydrogen (secondary N) is 1. The fourth-order valence-electron chi connectivity index (χ4n) is 2.93. The molecule has 1 fully saturated rings. The molecule has 1 rings (SSSR count). The van der Waals surface area contributed by atoms with Crippen LogP contribution in [0.1, 0.15) is 59.3 Å². The zero-order valence-electron chi connectivity index (χ0n) is 12.7. The minimum absolute atomic E-state index is 0.0293. The van der Waals surface area contributed by atoms with Gasteiger partial charge in [0.05, 0.1) is 6.10 Å². The Labute approximate surface area is 117 Å². The van der Waals surface area contributed by atoms with E-state index in [1.54, 1.807) is 0 Å². The van der Waals surface area contributed by atoms with Crippen molar-refractivity contribution in [2.75, 3.05) is 13.1 Å². The summed E-state index contributed by atoms with van der Waals surface area (Å²) in [6, 6.07) is 0.270. The largest absolute Gasteiger partial charge is 0.393 e. The number of hydrogen-bond acceptors (Lipinski definition) is 2. The summed E-state index contributed by atoms with van der Waals surface area (Å²) in [7, 11) is 0. The second kappa shape index (κ2) is 8.41.